The fraction of sp³-hybridized carbons (Fsp3) is 0.182. The van der Waals surface area contributed by atoms with E-state index in [1.807, 2.05) is 0 Å². The van der Waals surface area contributed by atoms with Crippen molar-refractivity contribution in [2.24, 2.45) is 9.98 Å². The number of benzene rings is 2. The quantitative estimate of drug-likeness (QED) is 0.819. The van der Waals surface area contributed by atoms with Gasteiger partial charge in [0.25, 0.3) is 11.8 Å². The fourth-order valence-electron chi connectivity index (χ4n) is 3.27. The molecule has 0 bridgehead atoms. The molecule has 0 spiro atoms. The molecule has 2 aliphatic heterocycles. The molecule has 0 radical (unpaired) electrons. The Morgan fingerprint density at radius 2 is 2.00 bits per heavy atom. The predicted molar refractivity (Wildman–Crippen MR) is 110 cm³/mol. The number of fused-ring (bicyclic) bond motifs is 1. The van der Waals surface area contributed by atoms with Crippen molar-refractivity contribution in [3.8, 4) is 5.75 Å². The summed E-state index contributed by atoms with van der Waals surface area (Å²) in [6.45, 7) is 0.238. The molecule has 2 aromatic rings. The number of carbonyl (C=O) groups is 2. The van der Waals surface area contributed by atoms with E-state index in [4.69, 9.17) is 4.74 Å². The molecule has 0 aliphatic carbocycles. The predicted octanol–water partition coefficient (Wildman–Crippen LogP) is 2.94. The van der Waals surface area contributed by atoms with E-state index in [1.165, 1.54) is 36.6 Å². The number of hydrogen-bond acceptors (Lipinski definition) is 5. The van der Waals surface area contributed by atoms with Gasteiger partial charge in [-0.1, -0.05) is 12.1 Å². The van der Waals surface area contributed by atoms with Gasteiger partial charge in [0, 0.05) is 36.5 Å². The maximum absolute atomic E-state index is 14.0. The molecule has 158 valence electrons. The Balaban J connectivity index is 1.47. The molecule has 2 amide bonds. The minimum absolute atomic E-state index is 0.238. The summed E-state index contributed by atoms with van der Waals surface area (Å²) >= 11 is 0. The molecule has 0 saturated heterocycles. The highest BCUT2D eigenvalue weighted by molar-refractivity contribution is 6.18. The Hall–Kier alpha value is -3.88. The second-order valence-corrected chi connectivity index (χ2v) is 6.87. The Morgan fingerprint density at radius 3 is 2.81 bits per heavy atom. The van der Waals surface area contributed by atoms with Gasteiger partial charge in [-0.25, -0.2) is 18.8 Å². The normalized spacial score (nSPS) is 17.4. The zero-order valence-electron chi connectivity index (χ0n) is 16.5. The van der Waals surface area contributed by atoms with Crippen LogP contribution in [0.2, 0.25) is 0 Å². The number of nitrogens with one attached hydrogen (secondary N) is 1. The zero-order valence-corrected chi connectivity index (χ0v) is 16.5. The number of ether oxygens (including phenoxy) is 1. The molecule has 4 rings (SSSR count). The fourth-order valence-corrected chi connectivity index (χ4v) is 3.27. The molecule has 7 nitrogen and oxygen atoms in total. The Morgan fingerprint density at radius 1 is 1.19 bits per heavy atom. The first kappa shape index (κ1) is 20.4. The molecule has 2 heterocycles. The van der Waals surface area contributed by atoms with Gasteiger partial charge in [-0.15, -0.1) is 0 Å². The standard InChI is InChI=1S/C22H18F2N4O3/c1-31-15-5-2-4-13(10-15)20(29)27-22-25-11-14-12-28(9-8-18(14)26-22)21(30)16-6-3-7-17(23)19(16)24/h2-7,10-12,22H,8-9H2,1H3,(H,27,29). The molecule has 0 aromatic heterocycles. The second-order valence-electron chi connectivity index (χ2n) is 6.87. The van der Waals surface area contributed by atoms with Crippen LogP contribution in [-0.4, -0.2) is 48.6 Å². The largest absolute Gasteiger partial charge is 0.497 e. The number of halogens is 2. The van der Waals surface area contributed by atoms with Crippen molar-refractivity contribution in [3.63, 3.8) is 0 Å². The van der Waals surface area contributed by atoms with Crippen molar-refractivity contribution in [1.29, 1.82) is 0 Å². The van der Waals surface area contributed by atoms with E-state index in [-0.39, 0.29) is 18.0 Å². The molecular formula is C22H18F2N4O3. The van der Waals surface area contributed by atoms with Gasteiger partial charge >= 0.3 is 0 Å². The molecule has 31 heavy (non-hydrogen) atoms. The first-order valence-corrected chi connectivity index (χ1v) is 9.48. The number of methoxy groups -OCH3 is 1. The van der Waals surface area contributed by atoms with Crippen LogP contribution in [0.3, 0.4) is 0 Å². The highest BCUT2D eigenvalue weighted by atomic mass is 19.2. The molecule has 2 aromatic carbocycles. The maximum atomic E-state index is 14.0. The van der Waals surface area contributed by atoms with Crippen LogP contribution in [-0.2, 0) is 0 Å². The van der Waals surface area contributed by atoms with E-state index in [2.05, 4.69) is 15.3 Å². The maximum Gasteiger partial charge on any atom is 0.260 e. The van der Waals surface area contributed by atoms with Crippen molar-refractivity contribution >= 4 is 23.7 Å². The average Bonchev–Trinajstić information content (AvgIpc) is 2.80. The van der Waals surface area contributed by atoms with E-state index in [0.717, 1.165) is 6.07 Å². The Bertz CT molecular complexity index is 1140. The summed E-state index contributed by atoms with van der Waals surface area (Å²) in [7, 11) is 1.52. The second kappa shape index (κ2) is 8.47. The van der Waals surface area contributed by atoms with Gasteiger partial charge in [0.05, 0.1) is 18.4 Å². The van der Waals surface area contributed by atoms with Crippen LogP contribution in [0, 0.1) is 11.6 Å². The van der Waals surface area contributed by atoms with Crippen molar-refractivity contribution in [1.82, 2.24) is 10.2 Å². The smallest absolute Gasteiger partial charge is 0.260 e. The topological polar surface area (TPSA) is 83.4 Å². The molecule has 1 N–H and O–H groups in total. The molecular weight excluding hydrogens is 406 g/mol. The Labute approximate surface area is 176 Å². The SMILES string of the molecule is COc1cccc(C(=O)NC2N=CC3=CN(C(=O)c4cccc(F)c4F)CCC3=N2)c1. The zero-order chi connectivity index (χ0) is 22.0. The first-order valence-electron chi connectivity index (χ1n) is 9.48. The highest BCUT2D eigenvalue weighted by Crippen LogP contribution is 2.21. The Kier molecular flexibility index (Phi) is 5.57. The van der Waals surface area contributed by atoms with Crippen LogP contribution in [0.4, 0.5) is 8.78 Å². The lowest BCUT2D eigenvalue weighted by molar-refractivity contribution is 0.0817. The lowest BCUT2D eigenvalue weighted by Gasteiger charge is -2.28. The summed E-state index contributed by atoms with van der Waals surface area (Å²) in [5, 5.41) is 2.71. The molecule has 1 atom stereocenters. The van der Waals surface area contributed by atoms with Crippen LogP contribution in [0.15, 0.2) is 64.2 Å². The minimum Gasteiger partial charge on any atom is -0.497 e. The summed E-state index contributed by atoms with van der Waals surface area (Å²) in [5.41, 5.74) is 1.31. The summed E-state index contributed by atoms with van der Waals surface area (Å²) in [6.07, 6.45) is 2.58. The molecule has 0 fully saturated rings. The molecule has 9 heteroatoms. The van der Waals surface area contributed by atoms with Crippen LogP contribution < -0.4 is 10.1 Å². The van der Waals surface area contributed by atoms with E-state index in [0.29, 0.717) is 29.0 Å². The van der Waals surface area contributed by atoms with Crippen molar-refractivity contribution in [3.05, 3.63) is 77.0 Å². The van der Waals surface area contributed by atoms with Gasteiger partial charge in [-0.05, 0) is 30.3 Å². The lowest BCUT2D eigenvalue weighted by Crippen LogP contribution is -2.39. The van der Waals surface area contributed by atoms with Crippen molar-refractivity contribution < 1.29 is 23.1 Å². The number of nitrogens with zero attached hydrogens (tertiary/aromatic N) is 3. The van der Waals surface area contributed by atoms with Gasteiger partial charge in [0.15, 0.2) is 11.6 Å². The minimum atomic E-state index is -1.18. The third-order valence-corrected chi connectivity index (χ3v) is 4.89. The first-order chi connectivity index (χ1) is 15.0. The average molecular weight is 424 g/mol. The van der Waals surface area contributed by atoms with Crippen molar-refractivity contribution in [2.75, 3.05) is 13.7 Å². The summed E-state index contributed by atoms with van der Waals surface area (Å²) in [4.78, 5) is 35.0. The van der Waals surface area contributed by atoms with E-state index >= 15 is 0 Å². The summed E-state index contributed by atoms with van der Waals surface area (Å²) < 4.78 is 32.5. The number of carbonyl (C=O) groups excluding carboxylic acids is 2. The number of aliphatic imine (C=N–C) groups is 2. The van der Waals surface area contributed by atoms with E-state index in [9.17, 15) is 18.4 Å². The summed E-state index contributed by atoms with van der Waals surface area (Å²) in [6, 6.07) is 10.2. The third kappa shape index (κ3) is 4.20. The van der Waals surface area contributed by atoms with Gasteiger partial charge < -0.3 is 15.0 Å². The molecule has 0 saturated carbocycles. The molecule has 1 unspecified atom stereocenters. The van der Waals surface area contributed by atoms with Gasteiger partial charge in [-0.3, -0.25) is 9.59 Å². The van der Waals surface area contributed by atoms with E-state index < -0.39 is 23.8 Å². The number of allylic oxidation sites excluding steroid dienone is 1. The van der Waals surface area contributed by atoms with Crippen LogP contribution >= 0.6 is 0 Å². The molecule has 2 aliphatic rings. The van der Waals surface area contributed by atoms with Crippen molar-refractivity contribution in [2.45, 2.75) is 12.7 Å². The summed E-state index contributed by atoms with van der Waals surface area (Å²) in [5.74, 6) is -2.70. The lowest BCUT2D eigenvalue weighted by atomic mass is 10.0. The van der Waals surface area contributed by atoms with Gasteiger partial charge in [-0.2, -0.15) is 0 Å². The number of amides is 2. The van der Waals surface area contributed by atoms with Gasteiger partial charge in [0.1, 0.15) is 5.75 Å². The van der Waals surface area contributed by atoms with Gasteiger partial charge in [0.2, 0.25) is 6.29 Å². The third-order valence-electron chi connectivity index (χ3n) is 4.89. The monoisotopic (exact) mass is 424 g/mol. The highest BCUT2D eigenvalue weighted by Gasteiger charge is 2.27. The van der Waals surface area contributed by atoms with Crippen LogP contribution in [0.5, 0.6) is 5.75 Å². The van der Waals surface area contributed by atoms with Crippen LogP contribution in [0.25, 0.3) is 0 Å². The number of rotatable bonds is 4. The number of hydrogen-bond donors (Lipinski definition) is 1. The van der Waals surface area contributed by atoms with E-state index in [1.54, 1.807) is 24.3 Å². The van der Waals surface area contributed by atoms with Crippen LogP contribution in [0.1, 0.15) is 27.1 Å².